The monoisotopic (exact) mass is 432 g/mol. The van der Waals surface area contributed by atoms with Gasteiger partial charge in [0.2, 0.25) is 15.9 Å². The molecule has 1 amide bonds. The van der Waals surface area contributed by atoms with Crippen LogP contribution in [0.2, 0.25) is 0 Å². The molecule has 2 heterocycles. The number of benzene rings is 2. The SMILES string of the molecule is COc1ccc(S(=O)(=O)N2CCC[C@H]2C(=O)Nc2ccc3c(c2)OCCCO3)cc1. The van der Waals surface area contributed by atoms with Gasteiger partial charge in [-0.05, 0) is 49.2 Å². The van der Waals surface area contributed by atoms with E-state index in [1.54, 1.807) is 30.3 Å². The van der Waals surface area contributed by atoms with Crippen LogP contribution in [-0.4, -0.2) is 51.5 Å². The number of methoxy groups -OCH3 is 1. The van der Waals surface area contributed by atoms with Gasteiger partial charge in [0.25, 0.3) is 0 Å². The number of amides is 1. The molecule has 2 aromatic rings. The van der Waals surface area contributed by atoms with Gasteiger partial charge < -0.3 is 19.5 Å². The second-order valence-electron chi connectivity index (χ2n) is 7.15. The topological polar surface area (TPSA) is 94.2 Å². The summed E-state index contributed by atoms with van der Waals surface area (Å²) in [4.78, 5) is 13.1. The molecule has 8 nitrogen and oxygen atoms in total. The zero-order valence-electron chi connectivity index (χ0n) is 16.7. The van der Waals surface area contributed by atoms with Crippen LogP contribution in [-0.2, 0) is 14.8 Å². The largest absolute Gasteiger partial charge is 0.497 e. The molecule has 1 N–H and O–H groups in total. The minimum absolute atomic E-state index is 0.138. The van der Waals surface area contributed by atoms with Gasteiger partial charge in [-0.25, -0.2) is 8.42 Å². The number of hydrogen-bond acceptors (Lipinski definition) is 6. The first-order valence-corrected chi connectivity index (χ1v) is 11.3. The number of rotatable bonds is 5. The van der Waals surface area contributed by atoms with Crippen LogP contribution < -0.4 is 19.5 Å². The lowest BCUT2D eigenvalue weighted by molar-refractivity contribution is -0.119. The van der Waals surface area contributed by atoms with Gasteiger partial charge in [-0.2, -0.15) is 4.31 Å². The Hall–Kier alpha value is -2.78. The Kier molecular flexibility index (Phi) is 5.83. The first kappa shape index (κ1) is 20.5. The zero-order valence-corrected chi connectivity index (χ0v) is 17.5. The maximum absolute atomic E-state index is 13.1. The molecule has 30 heavy (non-hydrogen) atoms. The van der Waals surface area contributed by atoms with E-state index in [0.29, 0.717) is 55.5 Å². The van der Waals surface area contributed by atoms with E-state index in [0.717, 1.165) is 6.42 Å². The Bertz CT molecular complexity index is 1020. The molecule has 160 valence electrons. The quantitative estimate of drug-likeness (QED) is 0.781. The summed E-state index contributed by atoms with van der Waals surface area (Å²) in [6.07, 6.45) is 1.87. The summed E-state index contributed by atoms with van der Waals surface area (Å²) in [7, 11) is -2.28. The van der Waals surface area contributed by atoms with Crippen molar-refractivity contribution in [3.63, 3.8) is 0 Å². The van der Waals surface area contributed by atoms with Crippen molar-refractivity contribution in [1.82, 2.24) is 4.31 Å². The van der Waals surface area contributed by atoms with Crippen molar-refractivity contribution in [2.24, 2.45) is 0 Å². The highest BCUT2D eigenvalue weighted by atomic mass is 32.2. The molecule has 0 aromatic heterocycles. The number of anilines is 1. The first-order chi connectivity index (χ1) is 14.5. The zero-order chi connectivity index (χ0) is 21.1. The van der Waals surface area contributed by atoms with Gasteiger partial charge in [-0.15, -0.1) is 0 Å². The van der Waals surface area contributed by atoms with Crippen molar-refractivity contribution < 1.29 is 27.4 Å². The van der Waals surface area contributed by atoms with Gasteiger partial charge in [0.05, 0.1) is 25.2 Å². The van der Waals surface area contributed by atoms with Crippen molar-refractivity contribution in [2.75, 3.05) is 32.2 Å². The Labute approximate surface area is 175 Å². The minimum Gasteiger partial charge on any atom is -0.497 e. The molecule has 2 aliphatic heterocycles. The predicted molar refractivity (Wildman–Crippen MR) is 111 cm³/mol. The highest BCUT2D eigenvalue weighted by Crippen LogP contribution is 2.33. The summed E-state index contributed by atoms with van der Waals surface area (Å²) in [5, 5.41) is 2.83. The van der Waals surface area contributed by atoms with Crippen LogP contribution in [0.4, 0.5) is 5.69 Å². The van der Waals surface area contributed by atoms with Crippen molar-refractivity contribution in [3.05, 3.63) is 42.5 Å². The third-order valence-electron chi connectivity index (χ3n) is 5.19. The van der Waals surface area contributed by atoms with E-state index in [9.17, 15) is 13.2 Å². The number of carbonyl (C=O) groups is 1. The van der Waals surface area contributed by atoms with E-state index in [4.69, 9.17) is 14.2 Å². The second kappa shape index (κ2) is 8.53. The molecule has 0 spiro atoms. The Morgan fingerprint density at radius 1 is 1.07 bits per heavy atom. The lowest BCUT2D eigenvalue weighted by atomic mass is 10.2. The lowest BCUT2D eigenvalue weighted by Crippen LogP contribution is -2.43. The molecule has 4 rings (SSSR count). The normalized spacial score (nSPS) is 19.2. The van der Waals surface area contributed by atoms with Crippen molar-refractivity contribution in [1.29, 1.82) is 0 Å². The Morgan fingerprint density at radius 3 is 2.53 bits per heavy atom. The molecule has 0 bridgehead atoms. The molecule has 0 aliphatic carbocycles. The lowest BCUT2D eigenvalue weighted by Gasteiger charge is -2.23. The Morgan fingerprint density at radius 2 is 1.80 bits per heavy atom. The van der Waals surface area contributed by atoms with Crippen molar-refractivity contribution >= 4 is 21.6 Å². The molecule has 1 atom stereocenters. The fourth-order valence-electron chi connectivity index (χ4n) is 3.64. The molecule has 1 saturated heterocycles. The summed E-state index contributed by atoms with van der Waals surface area (Å²) in [6, 6.07) is 10.6. The molecule has 2 aromatic carbocycles. The molecule has 0 radical (unpaired) electrons. The van der Waals surface area contributed by atoms with Gasteiger partial charge in [-0.1, -0.05) is 0 Å². The summed E-state index contributed by atoms with van der Waals surface area (Å²) < 4.78 is 43.8. The average Bonchev–Trinajstić information content (AvgIpc) is 3.15. The van der Waals surface area contributed by atoms with Gasteiger partial charge in [0.15, 0.2) is 11.5 Å². The fourth-order valence-corrected chi connectivity index (χ4v) is 5.30. The fraction of sp³-hybridized carbons (Fsp3) is 0.381. The maximum atomic E-state index is 13.1. The van der Waals surface area contributed by atoms with Crippen molar-refractivity contribution in [2.45, 2.75) is 30.2 Å². The first-order valence-electron chi connectivity index (χ1n) is 9.85. The van der Waals surface area contributed by atoms with Gasteiger partial charge >= 0.3 is 0 Å². The number of carbonyl (C=O) groups excluding carboxylic acids is 1. The number of ether oxygens (including phenoxy) is 3. The van der Waals surface area contributed by atoms with Gasteiger partial charge in [-0.3, -0.25) is 4.79 Å². The number of hydrogen-bond donors (Lipinski definition) is 1. The smallest absolute Gasteiger partial charge is 0.243 e. The van der Waals surface area contributed by atoms with E-state index >= 15 is 0 Å². The van der Waals surface area contributed by atoms with Crippen LogP contribution in [0.5, 0.6) is 17.2 Å². The minimum atomic E-state index is -3.80. The summed E-state index contributed by atoms with van der Waals surface area (Å²) >= 11 is 0. The highest BCUT2D eigenvalue weighted by Gasteiger charge is 2.39. The van der Waals surface area contributed by atoms with E-state index in [1.807, 2.05) is 0 Å². The van der Waals surface area contributed by atoms with Crippen molar-refractivity contribution in [3.8, 4) is 17.2 Å². The number of fused-ring (bicyclic) bond motifs is 1. The molecule has 0 saturated carbocycles. The Balaban J connectivity index is 1.51. The van der Waals surface area contributed by atoms with E-state index in [2.05, 4.69) is 5.32 Å². The third kappa shape index (κ3) is 4.08. The molecule has 1 fully saturated rings. The standard InChI is InChI=1S/C21H24N2O6S/c1-27-16-6-8-17(9-7-16)30(25,26)23-11-2-4-18(23)21(24)22-15-5-10-19-20(14-15)29-13-3-12-28-19/h5-10,14,18H,2-4,11-13H2,1H3,(H,22,24)/t18-/m0/s1. The summed E-state index contributed by atoms with van der Waals surface area (Å²) in [5.41, 5.74) is 0.540. The van der Waals surface area contributed by atoms with Crippen LogP contribution in [0.15, 0.2) is 47.4 Å². The second-order valence-corrected chi connectivity index (χ2v) is 9.04. The maximum Gasteiger partial charge on any atom is 0.243 e. The van der Waals surface area contributed by atoms with E-state index in [1.165, 1.54) is 23.5 Å². The number of nitrogens with one attached hydrogen (secondary N) is 1. The summed E-state index contributed by atoms with van der Waals surface area (Å²) in [6.45, 7) is 1.42. The average molecular weight is 432 g/mol. The van der Waals surface area contributed by atoms with Crippen LogP contribution >= 0.6 is 0 Å². The molecular weight excluding hydrogens is 408 g/mol. The van der Waals surface area contributed by atoms with Crippen LogP contribution in [0.1, 0.15) is 19.3 Å². The molecule has 0 unspecified atom stereocenters. The molecule has 9 heteroatoms. The van der Waals surface area contributed by atoms with E-state index < -0.39 is 16.1 Å². The van der Waals surface area contributed by atoms with Crippen LogP contribution in [0, 0.1) is 0 Å². The number of sulfonamides is 1. The molecule has 2 aliphatic rings. The van der Waals surface area contributed by atoms with Gasteiger partial charge in [0, 0.05) is 24.7 Å². The van der Waals surface area contributed by atoms with Gasteiger partial charge in [0.1, 0.15) is 11.8 Å². The molecular formula is C21H24N2O6S. The predicted octanol–water partition coefficient (Wildman–Crippen LogP) is 2.65. The van der Waals surface area contributed by atoms with Crippen LogP contribution in [0.25, 0.3) is 0 Å². The summed E-state index contributed by atoms with van der Waals surface area (Å²) in [5.74, 6) is 1.41. The van der Waals surface area contributed by atoms with E-state index in [-0.39, 0.29) is 10.8 Å². The highest BCUT2D eigenvalue weighted by molar-refractivity contribution is 7.89. The third-order valence-corrected chi connectivity index (χ3v) is 7.11. The van der Waals surface area contributed by atoms with Crippen LogP contribution in [0.3, 0.4) is 0 Å². The number of nitrogens with zero attached hydrogens (tertiary/aromatic N) is 1.